The molecule has 0 aliphatic carbocycles. The van der Waals surface area contributed by atoms with Gasteiger partial charge in [-0.05, 0) is 18.6 Å². The van der Waals surface area contributed by atoms with Crippen molar-refractivity contribution in [1.29, 1.82) is 0 Å². The van der Waals surface area contributed by atoms with Gasteiger partial charge in [-0.3, -0.25) is 9.78 Å². The van der Waals surface area contributed by atoms with Crippen LogP contribution in [0.25, 0.3) is 11.0 Å². The number of nitrogens with zero attached hydrogens (tertiary/aromatic N) is 3. The Morgan fingerprint density at radius 1 is 1.37 bits per heavy atom. The van der Waals surface area contributed by atoms with E-state index in [0.717, 1.165) is 36.4 Å². The summed E-state index contributed by atoms with van der Waals surface area (Å²) < 4.78 is 0. The number of aromatic nitrogens is 2. The zero-order valence-electron chi connectivity index (χ0n) is 10.8. The average Bonchev–Trinajstić information content (AvgIpc) is 2.86. The van der Waals surface area contributed by atoms with Crippen LogP contribution in [-0.4, -0.2) is 35.0 Å². The van der Waals surface area contributed by atoms with E-state index < -0.39 is 0 Å². The molecule has 1 aromatic heterocycles. The van der Waals surface area contributed by atoms with Gasteiger partial charge in [0.15, 0.2) is 0 Å². The minimum atomic E-state index is 0.0245. The molecule has 0 saturated carbocycles. The van der Waals surface area contributed by atoms with Crippen LogP contribution in [0.3, 0.4) is 0 Å². The molecule has 1 aromatic carbocycles. The average molecular weight is 256 g/mol. The van der Waals surface area contributed by atoms with Crippen LogP contribution in [0.1, 0.15) is 13.3 Å². The third-order valence-electron chi connectivity index (χ3n) is 3.36. The van der Waals surface area contributed by atoms with Gasteiger partial charge in [0, 0.05) is 26.1 Å². The fourth-order valence-corrected chi connectivity index (χ4v) is 2.47. The lowest BCUT2D eigenvalue weighted by Gasteiger charge is -2.17. The van der Waals surface area contributed by atoms with Gasteiger partial charge in [-0.15, -0.1) is 0 Å². The SMILES string of the molecule is CC(=O)NC1CCN(c2cnc3ccccc3n2)C1. The van der Waals surface area contributed by atoms with Crippen molar-refractivity contribution in [2.24, 2.45) is 0 Å². The summed E-state index contributed by atoms with van der Waals surface area (Å²) in [5.41, 5.74) is 1.81. The lowest BCUT2D eigenvalue weighted by molar-refractivity contribution is -0.119. The van der Waals surface area contributed by atoms with Gasteiger partial charge in [0.05, 0.1) is 17.2 Å². The van der Waals surface area contributed by atoms with Crippen molar-refractivity contribution in [3.05, 3.63) is 30.5 Å². The predicted octanol–water partition coefficient (Wildman–Crippen LogP) is 1.34. The van der Waals surface area contributed by atoms with Crippen molar-refractivity contribution in [2.75, 3.05) is 18.0 Å². The molecule has 0 spiro atoms. The van der Waals surface area contributed by atoms with Gasteiger partial charge in [0.1, 0.15) is 5.82 Å². The summed E-state index contributed by atoms with van der Waals surface area (Å²) in [6.45, 7) is 3.25. The van der Waals surface area contributed by atoms with Crippen molar-refractivity contribution < 1.29 is 4.79 Å². The van der Waals surface area contributed by atoms with Crippen molar-refractivity contribution in [3.8, 4) is 0 Å². The number of hydrogen-bond donors (Lipinski definition) is 1. The molecule has 1 fully saturated rings. The van der Waals surface area contributed by atoms with Crippen LogP contribution in [0.4, 0.5) is 5.82 Å². The van der Waals surface area contributed by atoms with E-state index in [1.54, 1.807) is 13.1 Å². The summed E-state index contributed by atoms with van der Waals surface area (Å²) in [6, 6.07) is 8.05. The van der Waals surface area contributed by atoms with Crippen LogP contribution in [-0.2, 0) is 4.79 Å². The summed E-state index contributed by atoms with van der Waals surface area (Å²) in [5.74, 6) is 0.906. The molecule has 5 heteroatoms. The van der Waals surface area contributed by atoms with Gasteiger partial charge in [0.25, 0.3) is 0 Å². The second-order valence-corrected chi connectivity index (χ2v) is 4.85. The Labute approximate surface area is 111 Å². The van der Waals surface area contributed by atoms with Gasteiger partial charge in [-0.2, -0.15) is 0 Å². The number of hydrogen-bond acceptors (Lipinski definition) is 4. The van der Waals surface area contributed by atoms with Crippen molar-refractivity contribution >= 4 is 22.8 Å². The summed E-state index contributed by atoms with van der Waals surface area (Å²) in [5, 5.41) is 2.95. The number of benzene rings is 1. The topological polar surface area (TPSA) is 58.1 Å². The Hall–Kier alpha value is -2.17. The van der Waals surface area contributed by atoms with Crippen LogP contribution in [0, 0.1) is 0 Å². The standard InChI is InChI=1S/C14H16N4O/c1-10(19)16-11-6-7-18(9-11)14-8-15-12-4-2-3-5-13(12)17-14/h2-5,8,11H,6-7,9H2,1H3,(H,16,19). The van der Waals surface area contributed by atoms with E-state index in [-0.39, 0.29) is 11.9 Å². The molecule has 1 aliphatic rings. The third kappa shape index (κ3) is 2.50. The molecule has 5 nitrogen and oxygen atoms in total. The molecule has 1 amide bonds. The van der Waals surface area contributed by atoms with Crippen LogP contribution in [0.2, 0.25) is 0 Å². The minimum absolute atomic E-state index is 0.0245. The molecule has 0 bridgehead atoms. The van der Waals surface area contributed by atoms with E-state index in [1.165, 1.54) is 0 Å². The first-order valence-electron chi connectivity index (χ1n) is 6.46. The highest BCUT2D eigenvalue weighted by molar-refractivity contribution is 5.75. The molecule has 3 rings (SSSR count). The lowest BCUT2D eigenvalue weighted by Crippen LogP contribution is -2.35. The molecule has 1 unspecified atom stereocenters. The van der Waals surface area contributed by atoms with Gasteiger partial charge < -0.3 is 10.2 Å². The maximum Gasteiger partial charge on any atom is 0.217 e. The number of fused-ring (bicyclic) bond motifs is 1. The predicted molar refractivity (Wildman–Crippen MR) is 74.0 cm³/mol. The fourth-order valence-electron chi connectivity index (χ4n) is 2.47. The number of anilines is 1. The fraction of sp³-hybridized carbons (Fsp3) is 0.357. The molecular formula is C14H16N4O. The van der Waals surface area contributed by atoms with Crippen molar-refractivity contribution in [2.45, 2.75) is 19.4 Å². The molecule has 2 aromatic rings. The number of carbonyl (C=O) groups excluding carboxylic acids is 1. The molecule has 2 heterocycles. The molecule has 19 heavy (non-hydrogen) atoms. The molecule has 1 aliphatic heterocycles. The summed E-state index contributed by atoms with van der Waals surface area (Å²) in [7, 11) is 0. The van der Waals surface area contributed by atoms with Crippen LogP contribution < -0.4 is 10.2 Å². The third-order valence-corrected chi connectivity index (χ3v) is 3.36. The van der Waals surface area contributed by atoms with E-state index >= 15 is 0 Å². The van der Waals surface area contributed by atoms with E-state index in [0.29, 0.717) is 0 Å². The Balaban J connectivity index is 1.79. The summed E-state index contributed by atoms with van der Waals surface area (Å²) >= 11 is 0. The number of rotatable bonds is 2. The number of nitrogens with one attached hydrogen (secondary N) is 1. The minimum Gasteiger partial charge on any atom is -0.353 e. The first-order valence-corrected chi connectivity index (χ1v) is 6.46. The summed E-state index contributed by atoms with van der Waals surface area (Å²) in [6.07, 6.45) is 2.76. The van der Waals surface area contributed by atoms with Crippen molar-refractivity contribution in [3.63, 3.8) is 0 Å². The molecule has 1 saturated heterocycles. The van der Waals surface area contributed by atoms with Gasteiger partial charge in [-0.1, -0.05) is 12.1 Å². The Morgan fingerprint density at radius 3 is 2.95 bits per heavy atom. The second-order valence-electron chi connectivity index (χ2n) is 4.85. The van der Waals surface area contributed by atoms with Crippen LogP contribution >= 0.6 is 0 Å². The Kier molecular flexibility index (Phi) is 3.03. The maximum absolute atomic E-state index is 11.1. The highest BCUT2D eigenvalue weighted by atomic mass is 16.1. The van der Waals surface area contributed by atoms with Crippen LogP contribution in [0.5, 0.6) is 0 Å². The molecule has 1 N–H and O–H groups in total. The van der Waals surface area contributed by atoms with Gasteiger partial charge >= 0.3 is 0 Å². The molecule has 0 radical (unpaired) electrons. The van der Waals surface area contributed by atoms with E-state index in [9.17, 15) is 4.79 Å². The molecule has 1 atom stereocenters. The smallest absolute Gasteiger partial charge is 0.217 e. The molecule has 98 valence electrons. The largest absolute Gasteiger partial charge is 0.353 e. The quantitative estimate of drug-likeness (QED) is 0.881. The monoisotopic (exact) mass is 256 g/mol. The Morgan fingerprint density at radius 2 is 2.16 bits per heavy atom. The first-order chi connectivity index (χ1) is 9.22. The van der Waals surface area contributed by atoms with Gasteiger partial charge in [0.2, 0.25) is 5.91 Å². The Bertz CT molecular complexity index is 613. The van der Waals surface area contributed by atoms with Crippen molar-refractivity contribution in [1.82, 2.24) is 15.3 Å². The highest BCUT2D eigenvalue weighted by Crippen LogP contribution is 2.19. The van der Waals surface area contributed by atoms with E-state index in [2.05, 4.69) is 20.2 Å². The lowest BCUT2D eigenvalue weighted by atomic mass is 10.2. The number of para-hydroxylation sites is 2. The maximum atomic E-state index is 11.1. The second kappa shape index (κ2) is 4.84. The first kappa shape index (κ1) is 11.9. The van der Waals surface area contributed by atoms with E-state index in [4.69, 9.17) is 0 Å². The van der Waals surface area contributed by atoms with Crippen LogP contribution in [0.15, 0.2) is 30.5 Å². The molecular weight excluding hydrogens is 240 g/mol. The van der Waals surface area contributed by atoms with E-state index in [1.807, 2.05) is 24.3 Å². The van der Waals surface area contributed by atoms with Gasteiger partial charge in [-0.25, -0.2) is 4.98 Å². The normalized spacial score (nSPS) is 18.8. The summed E-state index contributed by atoms with van der Waals surface area (Å²) in [4.78, 5) is 22.3. The highest BCUT2D eigenvalue weighted by Gasteiger charge is 2.24. The zero-order chi connectivity index (χ0) is 13.2. The number of amides is 1. The number of carbonyl (C=O) groups is 1. The zero-order valence-corrected chi connectivity index (χ0v) is 10.8.